The van der Waals surface area contributed by atoms with Crippen molar-refractivity contribution in [3.63, 3.8) is 0 Å². The fraction of sp³-hybridized carbons (Fsp3) is 0.429. The lowest BCUT2D eigenvalue weighted by molar-refractivity contribution is -0.123. The summed E-state index contributed by atoms with van der Waals surface area (Å²) in [5.74, 6) is 1.02. The second-order valence-electron chi connectivity index (χ2n) is 7.57. The summed E-state index contributed by atoms with van der Waals surface area (Å²) in [4.78, 5) is 21.7. The zero-order valence-corrected chi connectivity index (χ0v) is 16.3. The Hall–Kier alpha value is -2.48. The lowest BCUT2D eigenvalue weighted by atomic mass is 10.0. The second kappa shape index (κ2) is 8.68. The van der Waals surface area contributed by atoms with Crippen molar-refractivity contribution in [2.45, 2.75) is 25.0 Å². The van der Waals surface area contributed by atoms with Crippen LogP contribution in [0.15, 0.2) is 48.7 Å². The molecule has 0 radical (unpaired) electrons. The predicted octanol–water partition coefficient (Wildman–Crippen LogP) is 1.06. The normalized spacial score (nSPS) is 23.0. The highest BCUT2D eigenvalue weighted by atomic mass is 16.2. The van der Waals surface area contributed by atoms with E-state index in [1.54, 1.807) is 0 Å². The summed E-state index contributed by atoms with van der Waals surface area (Å²) in [6.45, 7) is 4.62. The smallest absolute Gasteiger partial charge is 0.238 e. The number of hydrogen-bond donors (Lipinski definition) is 3. The van der Waals surface area contributed by atoms with E-state index in [1.807, 2.05) is 36.5 Å². The molecule has 0 aliphatic carbocycles. The third-order valence-electron chi connectivity index (χ3n) is 5.52. The molecule has 3 N–H and O–H groups in total. The lowest BCUT2D eigenvalue weighted by Crippen LogP contribution is -2.44. The number of amides is 1. The molecule has 7 nitrogen and oxygen atoms in total. The van der Waals surface area contributed by atoms with Gasteiger partial charge in [-0.15, -0.1) is 0 Å². The van der Waals surface area contributed by atoms with E-state index in [4.69, 9.17) is 0 Å². The Bertz CT molecular complexity index is 773. The zero-order valence-electron chi connectivity index (χ0n) is 16.3. The minimum absolute atomic E-state index is 0.00840. The molecule has 3 heterocycles. The summed E-state index contributed by atoms with van der Waals surface area (Å²) in [5.41, 5.74) is 8.53. The van der Waals surface area contributed by atoms with Crippen LogP contribution >= 0.6 is 0 Å². The summed E-state index contributed by atoms with van der Waals surface area (Å²) in [5, 5.41) is 3.02. The van der Waals surface area contributed by atoms with Crippen LogP contribution in [0.1, 0.15) is 23.6 Å². The van der Waals surface area contributed by atoms with Crippen LogP contribution in [0, 0.1) is 0 Å². The van der Waals surface area contributed by atoms with Gasteiger partial charge >= 0.3 is 0 Å². The van der Waals surface area contributed by atoms with Gasteiger partial charge in [0.15, 0.2) is 0 Å². The van der Waals surface area contributed by atoms with Crippen LogP contribution in [0.3, 0.4) is 0 Å². The van der Waals surface area contributed by atoms with Crippen molar-refractivity contribution in [2.75, 3.05) is 38.1 Å². The molecule has 2 saturated heterocycles. The molecule has 1 aromatic heterocycles. The number of nitrogens with zero attached hydrogens (tertiary/aromatic N) is 3. The number of benzene rings is 1. The van der Waals surface area contributed by atoms with Crippen molar-refractivity contribution in [1.29, 1.82) is 0 Å². The number of hydrazine groups is 1. The van der Waals surface area contributed by atoms with Crippen LogP contribution in [-0.4, -0.2) is 55.1 Å². The van der Waals surface area contributed by atoms with Crippen LogP contribution in [0.25, 0.3) is 0 Å². The van der Waals surface area contributed by atoms with Crippen molar-refractivity contribution in [1.82, 2.24) is 26.1 Å². The van der Waals surface area contributed by atoms with E-state index < -0.39 is 0 Å². The standard InChI is InChI=1S/C21H28N6O/c1-26-9-11-27(12-10-26)20-8-7-16(14-22-20)15-23-21(28)19-13-18(24-25-19)17-5-3-2-4-6-17/h2-8,14,18-19,24-25H,9-13,15H2,1H3,(H,23,28). The van der Waals surface area contributed by atoms with Gasteiger partial charge in [0.25, 0.3) is 0 Å². The van der Waals surface area contributed by atoms with Gasteiger partial charge in [0.2, 0.25) is 5.91 Å². The zero-order chi connectivity index (χ0) is 19.3. The maximum atomic E-state index is 12.5. The summed E-state index contributed by atoms with van der Waals surface area (Å²) in [6, 6.07) is 14.2. The molecular formula is C21H28N6O. The van der Waals surface area contributed by atoms with E-state index in [-0.39, 0.29) is 18.0 Å². The van der Waals surface area contributed by atoms with E-state index in [2.05, 4.69) is 50.1 Å². The fourth-order valence-corrected chi connectivity index (χ4v) is 3.69. The first-order valence-electron chi connectivity index (χ1n) is 9.91. The predicted molar refractivity (Wildman–Crippen MR) is 110 cm³/mol. The van der Waals surface area contributed by atoms with Gasteiger partial charge < -0.3 is 15.1 Å². The van der Waals surface area contributed by atoms with Gasteiger partial charge in [0, 0.05) is 45.0 Å². The summed E-state index contributed by atoms with van der Waals surface area (Å²) in [7, 11) is 2.15. The van der Waals surface area contributed by atoms with E-state index in [0.717, 1.165) is 44.0 Å². The van der Waals surface area contributed by atoms with E-state index in [0.29, 0.717) is 6.54 Å². The van der Waals surface area contributed by atoms with E-state index in [9.17, 15) is 4.79 Å². The Balaban J connectivity index is 1.26. The SMILES string of the molecule is CN1CCN(c2ccc(CNC(=O)C3CC(c4ccccc4)NN3)cn2)CC1. The van der Waals surface area contributed by atoms with Gasteiger partial charge in [-0.25, -0.2) is 15.8 Å². The van der Waals surface area contributed by atoms with Gasteiger partial charge in [0.1, 0.15) is 11.9 Å². The van der Waals surface area contributed by atoms with Crippen LogP contribution < -0.4 is 21.1 Å². The van der Waals surface area contributed by atoms with Crippen molar-refractivity contribution in [3.05, 3.63) is 59.8 Å². The third-order valence-corrected chi connectivity index (χ3v) is 5.52. The minimum atomic E-state index is -0.234. The van der Waals surface area contributed by atoms with Gasteiger partial charge in [-0.1, -0.05) is 36.4 Å². The number of hydrogen-bond acceptors (Lipinski definition) is 6. The molecule has 7 heteroatoms. The number of carbonyl (C=O) groups excluding carboxylic acids is 1. The Morgan fingerprint density at radius 2 is 1.89 bits per heavy atom. The molecule has 2 aromatic rings. The molecule has 148 valence electrons. The molecule has 0 bridgehead atoms. The number of anilines is 1. The number of piperazine rings is 1. The van der Waals surface area contributed by atoms with Crippen molar-refractivity contribution in [3.8, 4) is 0 Å². The van der Waals surface area contributed by atoms with Gasteiger partial charge in [-0.2, -0.15) is 0 Å². The maximum Gasteiger partial charge on any atom is 0.238 e. The molecule has 1 amide bonds. The Morgan fingerprint density at radius 3 is 2.61 bits per heavy atom. The van der Waals surface area contributed by atoms with Gasteiger partial charge in [-0.3, -0.25) is 4.79 Å². The highest BCUT2D eigenvalue weighted by Crippen LogP contribution is 2.22. The maximum absolute atomic E-state index is 12.5. The van der Waals surface area contributed by atoms with E-state index in [1.165, 1.54) is 5.56 Å². The molecule has 2 aliphatic heterocycles. The molecule has 2 aliphatic rings. The average molecular weight is 380 g/mol. The molecule has 0 saturated carbocycles. The summed E-state index contributed by atoms with van der Waals surface area (Å²) >= 11 is 0. The van der Waals surface area contributed by atoms with Crippen LogP contribution in [0.5, 0.6) is 0 Å². The topological polar surface area (TPSA) is 72.5 Å². The number of rotatable bonds is 5. The lowest BCUT2D eigenvalue weighted by Gasteiger charge is -2.33. The minimum Gasteiger partial charge on any atom is -0.354 e. The first-order chi connectivity index (χ1) is 13.7. The third kappa shape index (κ3) is 4.49. The van der Waals surface area contributed by atoms with Crippen LogP contribution in [0.4, 0.5) is 5.82 Å². The number of carbonyl (C=O) groups is 1. The van der Waals surface area contributed by atoms with Gasteiger partial charge in [-0.05, 0) is 30.7 Å². The monoisotopic (exact) mass is 380 g/mol. The highest BCUT2D eigenvalue weighted by Gasteiger charge is 2.29. The first kappa shape index (κ1) is 18.9. The van der Waals surface area contributed by atoms with Crippen molar-refractivity contribution >= 4 is 11.7 Å². The number of likely N-dealkylation sites (N-methyl/N-ethyl adjacent to an activating group) is 1. The van der Waals surface area contributed by atoms with Crippen molar-refractivity contribution < 1.29 is 4.79 Å². The van der Waals surface area contributed by atoms with E-state index >= 15 is 0 Å². The Labute approximate surface area is 166 Å². The number of pyridine rings is 1. The summed E-state index contributed by atoms with van der Waals surface area (Å²) < 4.78 is 0. The van der Waals surface area contributed by atoms with Gasteiger partial charge in [0.05, 0.1) is 0 Å². The average Bonchev–Trinajstić information content (AvgIpc) is 3.24. The molecule has 28 heavy (non-hydrogen) atoms. The fourth-order valence-electron chi connectivity index (χ4n) is 3.69. The largest absolute Gasteiger partial charge is 0.354 e. The van der Waals surface area contributed by atoms with Crippen molar-refractivity contribution in [2.24, 2.45) is 0 Å². The molecule has 1 aromatic carbocycles. The molecule has 0 spiro atoms. The number of aromatic nitrogens is 1. The summed E-state index contributed by atoms with van der Waals surface area (Å²) in [6.07, 6.45) is 2.59. The molecule has 2 atom stereocenters. The van der Waals surface area contributed by atoms with Crippen LogP contribution in [-0.2, 0) is 11.3 Å². The Kier molecular flexibility index (Phi) is 5.85. The first-order valence-corrected chi connectivity index (χ1v) is 9.91. The number of nitrogens with one attached hydrogen (secondary N) is 3. The highest BCUT2D eigenvalue weighted by molar-refractivity contribution is 5.82. The molecule has 4 rings (SSSR count). The van der Waals surface area contributed by atoms with Crippen LogP contribution in [0.2, 0.25) is 0 Å². The quantitative estimate of drug-likeness (QED) is 0.720. The molecular weight excluding hydrogens is 352 g/mol. The molecule has 2 fully saturated rings. The second-order valence-corrected chi connectivity index (χ2v) is 7.57. The Morgan fingerprint density at radius 1 is 1.11 bits per heavy atom. The molecule has 2 unspecified atom stereocenters.